The van der Waals surface area contributed by atoms with E-state index in [1.807, 2.05) is 0 Å². The van der Waals surface area contributed by atoms with Crippen LogP contribution in [-0.2, 0) is 14.8 Å². The molecule has 0 saturated heterocycles. The van der Waals surface area contributed by atoms with Crippen LogP contribution in [0.4, 0.5) is 4.39 Å². The van der Waals surface area contributed by atoms with Crippen LogP contribution in [0.25, 0.3) is 0 Å². The number of rotatable bonds is 6. The van der Waals surface area contributed by atoms with E-state index in [1.165, 1.54) is 6.07 Å². The molecule has 2 rings (SSSR count). The molecule has 1 aliphatic rings. The standard InChI is InChI=1S/C13H16FNO6S/c1-3-8(2)15(6-11(16)17)22(18,19)13-9(14)4-5-10-12(13)21-7-20-10/h4-5,8H,3,6-7H2,1-2H3,(H,16,17). The molecule has 9 heteroatoms. The number of benzene rings is 1. The van der Waals surface area contributed by atoms with Gasteiger partial charge in [-0.15, -0.1) is 0 Å². The summed E-state index contributed by atoms with van der Waals surface area (Å²) < 4.78 is 50.4. The second kappa shape index (κ2) is 6.09. The lowest BCUT2D eigenvalue weighted by Gasteiger charge is -2.26. The molecular weight excluding hydrogens is 317 g/mol. The minimum Gasteiger partial charge on any atom is -0.480 e. The molecule has 1 N–H and O–H groups in total. The van der Waals surface area contributed by atoms with Crippen LogP contribution >= 0.6 is 0 Å². The zero-order valence-corrected chi connectivity index (χ0v) is 12.9. The second-order valence-corrected chi connectivity index (χ2v) is 6.64. The molecule has 7 nitrogen and oxygen atoms in total. The van der Waals surface area contributed by atoms with E-state index in [1.54, 1.807) is 13.8 Å². The molecule has 1 aliphatic heterocycles. The fraction of sp³-hybridized carbons (Fsp3) is 0.462. The van der Waals surface area contributed by atoms with Crippen molar-refractivity contribution in [1.82, 2.24) is 4.31 Å². The number of carboxylic acids is 1. The van der Waals surface area contributed by atoms with Crippen molar-refractivity contribution in [3.05, 3.63) is 17.9 Å². The smallest absolute Gasteiger partial charge is 0.318 e. The van der Waals surface area contributed by atoms with Crippen LogP contribution in [0, 0.1) is 5.82 Å². The lowest BCUT2D eigenvalue weighted by molar-refractivity contribution is -0.137. The lowest BCUT2D eigenvalue weighted by atomic mass is 10.2. The maximum Gasteiger partial charge on any atom is 0.318 e. The molecule has 0 aromatic heterocycles. The number of ether oxygens (including phenoxy) is 2. The van der Waals surface area contributed by atoms with E-state index in [0.717, 1.165) is 10.4 Å². The summed E-state index contributed by atoms with van der Waals surface area (Å²) >= 11 is 0. The van der Waals surface area contributed by atoms with Crippen molar-refractivity contribution in [3.63, 3.8) is 0 Å². The van der Waals surface area contributed by atoms with Crippen LogP contribution < -0.4 is 9.47 Å². The average molecular weight is 333 g/mol. The first-order valence-corrected chi connectivity index (χ1v) is 8.04. The molecule has 122 valence electrons. The van der Waals surface area contributed by atoms with E-state index >= 15 is 0 Å². The van der Waals surface area contributed by atoms with Gasteiger partial charge in [0.1, 0.15) is 12.4 Å². The number of halogens is 1. The van der Waals surface area contributed by atoms with Crippen molar-refractivity contribution in [2.45, 2.75) is 31.2 Å². The number of hydrogen-bond acceptors (Lipinski definition) is 5. The fourth-order valence-electron chi connectivity index (χ4n) is 2.10. The molecule has 1 aromatic rings. The van der Waals surface area contributed by atoms with E-state index in [0.29, 0.717) is 6.42 Å². The Balaban J connectivity index is 2.58. The van der Waals surface area contributed by atoms with Gasteiger partial charge in [-0.1, -0.05) is 6.92 Å². The number of aliphatic carboxylic acids is 1. The summed E-state index contributed by atoms with van der Waals surface area (Å²) in [5.41, 5.74) is 0. The average Bonchev–Trinajstić information content (AvgIpc) is 2.91. The molecule has 1 atom stereocenters. The molecule has 0 aliphatic carbocycles. The van der Waals surface area contributed by atoms with Crippen molar-refractivity contribution >= 4 is 16.0 Å². The SMILES string of the molecule is CCC(C)N(CC(=O)O)S(=O)(=O)c1c(F)ccc2c1OCO2. The highest BCUT2D eigenvalue weighted by Gasteiger charge is 2.37. The first-order chi connectivity index (χ1) is 10.3. The van der Waals surface area contributed by atoms with Gasteiger partial charge in [-0.05, 0) is 25.5 Å². The molecule has 0 fully saturated rings. The number of carboxylic acid groups (broad SMARTS) is 1. The number of hydrogen-bond donors (Lipinski definition) is 1. The van der Waals surface area contributed by atoms with Crippen LogP contribution in [0.5, 0.6) is 11.5 Å². The number of carbonyl (C=O) groups is 1. The molecule has 0 spiro atoms. The van der Waals surface area contributed by atoms with Crippen LogP contribution in [0.3, 0.4) is 0 Å². The zero-order valence-electron chi connectivity index (χ0n) is 12.1. The van der Waals surface area contributed by atoms with Gasteiger partial charge in [0.05, 0.1) is 0 Å². The Hall–Kier alpha value is -1.87. The monoisotopic (exact) mass is 333 g/mol. The van der Waals surface area contributed by atoms with Crippen LogP contribution in [0.2, 0.25) is 0 Å². The molecular formula is C13H16FNO6S. The Morgan fingerprint density at radius 3 is 2.73 bits per heavy atom. The molecule has 0 amide bonds. The fourth-order valence-corrected chi connectivity index (χ4v) is 3.94. The summed E-state index contributed by atoms with van der Waals surface area (Å²) in [6, 6.07) is 1.61. The molecule has 0 bridgehead atoms. The molecule has 0 saturated carbocycles. The van der Waals surface area contributed by atoms with Crippen molar-refractivity contribution in [3.8, 4) is 11.5 Å². The summed E-state index contributed by atoms with van der Waals surface area (Å²) in [7, 11) is -4.39. The van der Waals surface area contributed by atoms with E-state index in [9.17, 15) is 17.6 Å². The molecule has 1 unspecified atom stereocenters. The zero-order chi connectivity index (χ0) is 16.5. The Kier molecular flexibility index (Phi) is 4.57. The summed E-state index contributed by atoms with van der Waals surface area (Å²) in [4.78, 5) is 10.3. The Morgan fingerprint density at radius 1 is 1.45 bits per heavy atom. The van der Waals surface area contributed by atoms with Gasteiger partial charge < -0.3 is 14.6 Å². The van der Waals surface area contributed by atoms with E-state index in [4.69, 9.17) is 14.6 Å². The quantitative estimate of drug-likeness (QED) is 0.846. The third-order valence-electron chi connectivity index (χ3n) is 3.39. The topological polar surface area (TPSA) is 93.1 Å². The highest BCUT2D eigenvalue weighted by atomic mass is 32.2. The summed E-state index contributed by atoms with van der Waals surface area (Å²) in [5, 5.41) is 8.95. The maximum absolute atomic E-state index is 14.1. The van der Waals surface area contributed by atoms with Gasteiger partial charge in [-0.3, -0.25) is 4.79 Å². The predicted molar refractivity (Wildman–Crippen MR) is 73.8 cm³/mol. The number of fused-ring (bicyclic) bond motifs is 1. The highest BCUT2D eigenvalue weighted by Crippen LogP contribution is 2.41. The van der Waals surface area contributed by atoms with Gasteiger partial charge >= 0.3 is 5.97 Å². The maximum atomic E-state index is 14.1. The van der Waals surface area contributed by atoms with E-state index in [2.05, 4.69) is 0 Å². The Morgan fingerprint density at radius 2 is 2.14 bits per heavy atom. The molecule has 0 radical (unpaired) electrons. The summed E-state index contributed by atoms with van der Waals surface area (Å²) in [6.07, 6.45) is 0.376. The van der Waals surface area contributed by atoms with E-state index in [-0.39, 0.29) is 18.3 Å². The van der Waals surface area contributed by atoms with Gasteiger partial charge in [0.15, 0.2) is 16.4 Å². The third-order valence-corrected chi connectivity index (χ3v) is 5.39. The minimum absolute atomic E-state index is 0.111. The number of nitrogens with zero attached hydrogens (tertiary/aromatic N) is 1. The predicted octanol–water partition coefficient (Wildman–Crippen LogP) is 1.43. The van der Waals surface area contributed by atoms with Crippen LogP contribution in [0.1, 0.15) is 20.3 Å². The summed E-state index contributed by atoms with van der Waals surface area (Å²) in [6.45, 7) is 2.28. The third kappa shape index (κ3) is 2.86. The summed E-state index contributed by atoms with van der Waals surface area (Å²) in [5.74, 6) is -2.45. The van der Waals surface area contributed by atoms with E-state index < -0.39 is 39.3 Å². The normalized spacial score (nSPS) is 15.1. The Labute approximate surface area is 127 Å². The van der Waals surface area contributed by atoms with Gasteiger partial charge in [-0.25, -0.2) is 12.8 Å². The molecule has 22 heavy (non-hydrogen) atoms. The largest absolute Gasteiger partial charge is 0.480 e. The van der Waals surface area contributed by atoms with Crippen molar-refractivity contribution in [1.29, 1.82) is 0 Å². The lowest BCUT2D eigenvalue weighted by Crippen LogP contribution is -2.42. The van der Waals surface area contributed by atoms with Gasteiger partial charge in [0.2, 0.25) is 6.79 Å². The van der Waals surface area contributed by atoms with Crippen molar-refractivity contribution in [2.75, 3.05) is 13.3 Å². The molecule has 1 heterocycles. The van der Waals surface area contributed by atoms with Crippen LogP contribution in [-0.4, -0.2) is 43.2 Å². The highest BCUT2D eigenvalue weighted by molar-refractivity contribution is 7.89. The van der Waals surface area contributed by atoms with Gasteiger partial charge in [-0.2, -0.15) is 4.31 Å². The Bertz CT molecular complexity index is 690. The second-order valence-electron chi connectivity index (χ2n) is 4.81. The van der Waals surface area contributed by atoms with Crippen LogP contribution in [0.15, 0.2) is 17.0 Å². The van der Waals surface area contributed by atoms with Crippen molar-refractivity contribution in [2.24, 2.45) is 0 Å². The van der Waals surface area contributed by atoms with Gasteiger partial charge in [0, 0.05) is 6.04 Å². The molecule has 1 aromatic carbocycles. The first kappa shape index (κ1) is 16.5. The van der Waals surface area contributed by atoms with Crippen molar-refractivity contribution < 1.29 is 32.2 Å². The number of sulfonamides is 1. The minimum atomic E-state index is -4.39. The van der Waals surface area contributed by atoms with Gasteiger partial charge in [0.25, 0.3) is 10.0 Å². The first-order valence-electron chi connectivity index (χ1n) is 6.60.